The molecule has 1 unspecified atom stereocenters. The number of rotatable bonds is 3. The molecule has 2 rings (SSSR count). The first-order valence-electron chi connectivity index (χ1n) is 5.16. The van der Waals surface area contributed by atoms with Gasteiger partial charge in [-0.3, -0.25) is 4.90 Å². The van der Waals surface area contributed by atoms with Crippen LogP contribution >= 0.6 is 0 Å². The molecule has 12 heavy (non-hydrogen) atoms. The van der Waals surface area contributed by atoms with E-state index in [1.807, 2.05) is 0 Å². The summed E-state index contributed by atoms with van der Waals surface area (Å²) in [5.74, 6) is 0. The Bertz CT molecular complexity index is 149. The summed E-state index contributed by atoms with van der Waals surface area (Å²) in [6, 6.07) is 1.78. The first kappa shape index (κ1) is 8.52. The van der Waals surface area contributed by atoms with Crippen molar-refractivity contribution in [2.24, 2.45) is 0 Å². The van der Waals surface area contributed by atoms with Crippen molar-refractivity contribution in [1.29, 1.82) is 0 Å². The Morgan fingerprint density at radius 2 is 2.25 bits per heavy atom. The molecular formula is C10H19NO. The van der Waals surface area contributed by atoms with Gasteiger partial charge >= 0.3 is 0 Å². The van der Waals surface area contributed by atoms with E-state index in [2.05, 4.69) is 4.90 Å². The third-order valence-corrected chi connectivity index (χ3v) is 3.38. The topological polar surface area (TPSA) is 12.5 Å². The van der Waals surface area contributed by atoms with Crippen LogP contribution in [0.15, 0.2) is 0 Å². The van der Waals surface area contributed by atoms with Gasteiger partial charge in [-0.15, -0.1) is 0 Å². The normalized spacial score (nSPS) is 35.8. The van der Waals surface area contributed by atoms with Gasteiger partial charge in [0.05, 0.1) is 0 Å². The lowest BCUT2D eigenvalue weighted by Gasteiger charge is -2.23. The van der Waals surface area contributed by atoms with E-state index in [0.29, 0.717) is 0 Å². The third-order valence-electron chi connectivity index (χ3n) is 3.38. The maximum Gasteiger partial charge on any atom is 0.0477 e. The van der Waals surface area contributed by atoms with Crippen LogP contribution in [0.4, 0.5) is 0 Å². The average molecular weight is 169 g/mol. The zero-order chi connectivity index (χ0) is 8.39. The molecule has 0 saturated carbocycles. The Morgan fingerprint density at radius 1 is 1.33 bits per heavy atom. The van der Waals surface area contributed by atoms with Crippen molar-refractivity contribution >= 4 is 0 Å². The predicted molar refractivity (Wildman–Crippen MR) is 49.2 cm³/mol. The molecule has 0 N–H and O–H groups in total. The smallest absolute Gasteiger partial charge is 0.0477 e. The van der Waals surface area contributed by atoms with Gasteiger partial charge in [-0.05, 0) is 38.6 Å². The van der Waals surface area contributed by atoms with Crippen molar-refractivity contribution in [1.82, 2.24) is 4.90 Å². The molecule has 2 saturated heterocycles. The summed E-state index contributed by atoms with van der Waals surface area (Å²) in [6.45, 7) is 2.28. The molecule has 0 aromatic rings. The molecule has 2 aliphatic heterocycles. The van der Waals surface area contributed by atoms with E-state index in [9.17, 15) is 0 Å². The fourth-order valence-electron chi connectivity index (χ4n) is 2.76. The molecule has 0 amide bonds. The molecule has 0 spiro atoms. The van der Waals surface area contributed by atoms with Gasteiger partial charge in [-0.2, -0.15) is 0 Å². The van der Waals surface area contributed by atoms with Crippen molar-refractivity contribution in [3.63, 3.8) is 0 Å². The lowest BCUT2D eigenvalue weighted by atomic mass is 10.1. The number of methoxy groups -OCH3 is 1. The van der Waals surface area contributed by atoms with Crippen molar-refractivity contribution in [3.8, 4) is 0 Å². The standard InChI is InChI=1S/C10H19NO/c1-12-8-6-10-5-4-9-3-2-7-11(9)10/h9-10H,2-8H2,1H3/t9?,10-/m1/s1. The number of fused-ring (bicyclic) bond motifs is 1. The number of nitrogens with zero attached hydrogens (tertiary/aromatic N) is 1. The largest absolute Gasteiger partial charge is 0.385 e. The third kappa shape index (κ3) is 1.50. The highest BCUT2D eigenvalue weighted by Gasteiger charge is 2.35. The molecular weight excluding hydrogens is 150 g/mol. The van der Waals surface area contributed by atoms with E-state index >= 15 is 0 Å². The second-order valence-corrected chi connectivity index (χ2v) is 4.05. The predicted octanol–water partition coefficient (Wildman–Crippen LogP) is 1.65. The zero-order valence-corrected chi connectivity index (χ0v) is 7.96. The van der Waals surface area contributed by atoms with Crippen LogP contribution in [0, 0.1) is 0 Å². The van der Waals surface area contributed by atoms with Crippen molar-refractivity contribution in [3.05, 3.63) is 0 Å². The van der Waals surface area contributed by atoms with Crippen LogP contribution in [0.25, 0.3) is 0 Å². The minimum Gasteiger partial charge on any atom is -0.385 e. The van der Waals surface area contributed by atoms with Gasteiger partial charge in [0.1, 0.15) is 0 Å². The van der Waals surface area contributed by atoms with E-state index < -0.39 is 0 Å². The van der Waals surface area contributed by atoms with Crippen molar-refractivity contribution < 1.29 is 4.74 Å². The second-order valence-electron chi connectivity index (χ2n) is 4.05. The van der Waals surface area contributed by atoms with E-state index in [1.165, 1.54) is 38.6 Å². The van der Waals surface area contributed by atoms with E-state index in [0.717, 1.165) is 18.7 Å². The Balaban J connectivity index is 1.83. The van der Waals surface area contributed by atoms with E-state index in [1.54, 1.807) is 7.11 Å². The summed E-state index contributed by atoms with van der Waals surface area (Å²) in [6.07, 6.45) is 6.97. The molecule has 0 aliphatic carbocycles. The van der Waals surface area contributed by atoms with Crippen molar-refractivity contribution in [2.75, 3.05) is 20.3 Å². The molecule has 0 aromatic heterocycles. The van der Waals surface area contributed by atoms with Crippen LogP contribution in [-0.4, -0.2) is 37.2 Å². The highest BCUT2D eigenvalue weighted by molar-refractivity contribution is 4.91. The van der Waals surface area contributed by atoms with Crippen LogP contribution in [0.5, 0.6) is 0 Å². The van der Waals surface area contributed by atoms with Crippen LogP contribution < -0.4 is 0 Å². The number of ether oxygens (including phenoxy) is 1. The Morgan fingerprint density at radius 3 is 3.08 bits per heavy atom. The fourth-order valence-corrected chi connectivity index (χ4v) is 2.76. The molecule has 0 bridgehead atoms. The lowest BCUT2D eigenvalue weighted by Crippen LogP contribution is -2.31. The fraction of sp³-hybridized carbons (Fsp3) is 1.00. The van der Waals surface area contributed by atoms with E-state index in [-0.39, 0.29) is 0 Å². The molecule has 2 heterocycles. The van der Waals surface area contributed by atoms with Gasteiger partial charge in [0, 0.05) is 25.8 Å². The van der Waals surface area contributed by atoms with Crippen LogP contribution in [-0.2, 0) is 4.74 Å². The molecule has 2 nitrogen and oxygen atoms in total. The van der Waals surface area contributed by atoms with Gasteiger partial charge in [-0.25, -0.2) is 0 Å². The first-order valence-corrected chi connectivity index (χ1v) is 5.16. The molecule has 2 aliphatic rings. The summed E-state index contributed by atoms with van der Waals surface area (Å²) in [4.78, 5) is 2.71. The summed E-state index contributed by atoms with van der Waals surface area (Å²) in [5.41, 5.74) is 0. The molecule has 0 radical (unpaired) electrons. The van der Waals surface area contributed by atoms with Crippen molar-refractivity contribution in [2.45, 2.75) is 44.2 Å². The summed E-state index contributed by atoms with van der Waals surface area (Å²) >= 11 is 0. The van der Waals surface area contributed by atoms with Crippen LogP contribution in [0.2, 0.25) is 0 Å². The lowest BCUT2D eigenvalue weighted by molar-refractivity contribution is 0.151. The van der Waals surface area contributed by atoms with Gasteiger partial charge < -0.3 is 4.74 Å². The minimum absolute atomic E-state index is 0.845. The Hall–Kier alpha value is -0.0800. The number of hydrogen-bond donors (Lipinski definition) is 0. The molecule has 2 fully saturated rings. The summed E-state index contributed by atoms with van der Waals surface area (Å²) in [5, 5.41) is 0. The molecule has 70 valence electrons. The van der Waals surface area contributed by atoms with E-state index in [4.69, 9.17) is 4.74 Å². The SMILES string of the molecule is COCC[C@H]1CCC2CCCN21. The van der Waals surface area contributed by atoms with Gasteiger partial charge in [0.25, 0.3) is 0 Å². The molecule has 2 heteroatoms. The quantitative estimate of drug-likeness (QED) is 0.637. The highest BCUT2D eigenvalue weighted by atomic mass is 16.5. The Kier molecular flexibility index (Phi) is 2.66. The monoisotopic (exact) mass is 169 g/mol. The highest BCUT2D eigenvalue weighted by Crippen LogP contribution is 2.33. The second kappa shape index (κ2) is 3.75. The zero-order valence-electron chi connectivity index (χ0n) is 7.96. The van der Waals surface area contributed by atoms with Gasteiger partial charge in [0.2, 0.25) is 0 Å². The minimum atomic E-state index is 0.845. The van der Waals surface area contributed by atoms with Gasteiger partial charge in [0.15, 0.2) is 0 Å². The Labute approximate surface area is 74.9 Å². The maximum absolute atomic E-state index is 5.13. The summed E-state index contributed by atoms with van der Waals surface area (Å²) < 4.78 is 5.13. The van der Waals surface area contributed by atoms with Gasteiger partial charge in [-0.1, -0.05) is 0 Å². The van der Waals surface area contributed by atoms with Crippen LogP contribution in [0.3, 0.4) is 0 Å². The molecule has 0 aromatic carbocycles. The average Bonchev–Trinajstić information content (AvgIpc) is 2.62. The summed E-state index contributed by atoms with van der Waals surface area (Å²) in [7, 11) is 1.80. The maximum atomic E-state index is 5.13. The van der Waals surface area contributed by atoms with Crippen LogP contribution in [0.1, 0.15) is 32.1 Å². The first-order chi connectivity index (χ1) is 5.92. The molecule has 2 atom stereocenters. The number of hydrogen-bond acceptors (Lipinski definition) is 2.